The van der Waals surface area contributed by atoms with Gasteiger partial charge in [-0.3, -0.25) is 0 Å². The molecule has 0 bridgehead atoms. The zero-order valence-electron chi connectivity index (χ0n) is 8.40. The molecule has 1 aliphatic rings. The number of hydrogen-bond donors (Lipinski definition) is 1. The zero-order chi connectivity index (χ0) is 9.97. The topological polar surface area (TPSA) is 61.3 Å². The van der Waals surface area contributed by atoms with E-state index in [1.165, 1.54) is 0 Å². The van der Waals surface area contributed by atoms with Gasteiger partial charge >= 0.3 is 0 Å². The van der Waals surface area contributed by atoms with Gasteiger partial charge in [0.2, 0.25) is 0 Å². The van der Waals surface area contributed by atoms with E-state index in [0.29, 0.717) is 25.0 Å². The van der Waals surface area contributed by atoms with Crippen molar-refractivity contribution in [3.8, 4) is 0 Å². The second-order valence-corrected chi connectivity index (χ2v) is 3.77. The van der Waals surface area contributed by atoms with Crippen molar-refractivity contribution < 1.29 is 9.15 Å². The molecule has 14 heavy (non-hydrogen) atoms. The normalized spacial score (nSPS) is 27.0. The number of ether oxygens (including phenoxy) is 1. The third-order valence-corrected chi connectivity index (χ3v) is 2.53. The summed E-state index contributed by atoms with van der Waals surface area (Å²) >= 11 is 0. The second-order valence-electron chi connectivity index (χ2n) is 3.77. The van der Waals surface area contributed by atoms with E-state index in [-0.39, 0.29) is 0 Å². The van der Waals surface area contributed by atoms with Gasteiger partial charge in [0.15, 0.2) is 5.89 Å². The van der Waals surface area contributed by atoms with Gasteiger partial charge in [-0.05, 0) is 13.3 Å². The van der Waals surface area contributed by atoms with Crippen LogP contribution in [0, 0.1) is 0 Å². The Morgan fingerprint density at radius 3 is 3.14 bits per heavy atom. The highest BCUT2D eigenvalue weighted by molar-refractivity contribution is 5.04. The quantitative estimate of drug-likeness (QED) is 0.785. The molecule has 2 atom stereocenters. The van der Waals surface area contributed by atoms with Crippen molar-refractivity contribution in [3.05, 3.63) is 17.8 Å². The Morgan fingerprint density at radius 2 is 2.50 bits per heavy atom. The highest BCUT2D eigenvalue weighted by Gasteiger charge is 2.26. The van der Waals surface area contributed by atoms with Crippen LogP contribution in [0.25, 0.3) is 0 Å². The molecule has 2 unspecified atom stereocenters. The molecule has 1 aliphatic heterocycles. The molecular weight excluding hydrogens is 180 g/mol. The maximum absolute atomic E-state index is 5.59. The number of rotatable bonds is 3. The van der Waals surface area contributed by atoms with Crippen LogP contribution in [-0.2, 0) is 11.2 Å². The van der Waals surface area contributed by atoms with E-state index in [2.05, 4.69) is 11.9 Å². The third-order valence-electron chi connectivity index (χ3n) is 2.53. The van der Waals surface area contributed by atoms with Crippen LogP contribution in [0.2, 0.25) is 0 Å². The maximum atomic E-state index is 5.59. The molecule has 0 spiro atoms. The first-order valence-electron chi connectivity index (χ1n) is 5.06. The Labute approximate surface area is 83.4 Å². The van der Waals surface area contributed by atoms with Crippen LogP contribution < -0.4 is 5.73 Å². The van der Waals surface area contributed by atoms with Gasteiger partial charge in [0.05, 0.1) is 18.9 Å². The summed E-state index contributed by atoms with van der Waals surface area (Å²) in [6.45, 7) is 3.41. The van der Waals surface area contributed by atoms with Crippen molar-refractivity contribution in [2.24, 2.45) is 5.73 Å². The van der Waals surface area contributed by atoms with Crippen molar-refractivity contribution in [1.82, 2.24) is 4.98 Å². The number of oxazole rings is 1. The van der Waals surface area contributed by atoms with E-state index in [9.17, 15) is 0 Å². The third kappa shape index (κ3) is 1.96. The summed E-state index contributed by atoms with van der Waals surface area (Å²) in [5.74, 6) is 2.06. The minimum Gasteiger partial charge on any atom is -0.445 e. The minimum atomic E-state index is 0.336. The molecule has 0 aromatic carbocycles. The summed E-state index contributed by atoms with van der Waals surface area (Å²) in [6, 6.07) is 0. The molecule has 0 amide bonds. The number of nitrogens with two attached hydrogens (primary N) is 1. The van der Waals surface area contributed by atoms with E-state index >= 15 is 0 Å². The van der Waals surface area contributed by atoms with Crippen LogP contribution in [0.4, 0.5) is 0 Å². The van der Waals surface area contributed by atoms with Crippen LogP contribution in [0.3, 0.4) is 0 Å². The van der Waals surface area contributed by atoms with Gasteiger partial charge in [-0.15, -0.1) is 0 Å². The predicted molar refractivity (Wildman–Crippen MR) is 52.0 cm³/mol. The number of nitrogens with zero attached hydrogens (tertiary/aromatic N) is 1. The average molecular weight is 196 g/mol. The van der Waals surface area contributed by atoms with Crippen LogP contribution in [0.15, 0.2) is 10.6 Å². The largest absolute Gasteiger partial charge is 0.445 e. The molecule has 0 aliphatic carbocycles. The highest BCUT2D eigenvalue weighted by atomic mass is 16.5. The van der Waals surface area contributed by atoms with Crippen LogP contribution in [-0.4, -0.2) is 24.2 Å². The summed E-state index contributed by atoms with van der Waals surface area (Å²) in [4.78, 5) is 4.17. The molecule has 0 radical (unpaired) electrons. The Bertz CT molecular complexity index is 298. The van der Waals surface area contributed by atoms with Crippen LogP contribution in [0.1, 0.15) is 30.9 Å². The molecule has 78 valence electrons. The lowest BCUT2D eigenvalue weighted by Gasteiger charge is -2.01. The predicted octanol–water partition coefficient (Wildman–Crippen LogP) is 1.07. The minimum absolute atomic E-state index is 0.336. The molecule has 2 rings (SSSR count). The molecule has 2 N–H and O–H groups in total. The van der Waals surface area contributed by atoms with E-state index in [1.54, 1.807) is 6.20 Å². The summed E-state index contributed by atoms with van der Waals surface area (Å²) in [7, 11) is 0. The lowest BCUT2D eigenvalue weighted by Crippen LogP contribution is -2.02. The van der Waals surface area contributed by atoms with Crippen molar-refractivity contribution >= 4 is 0 Å². The Morgan fingerprint density at radius 1 is 1.64 bits per heavy atom. The smallest absolute Gasteiger partial charge is 0.195 e. The van der Waals surface area contributed by atoms with Crippen molar-refractivity contribution in [2.75, 3.05) is 13.2 Å². The lowest BCUT2D eigenvalue weighted by molar-refractivity contribution is 0.122. The summed E-state index contributed by atoms with van der Waals surface area (Å²) in [6.07, 6.45) is 3.88. The number of aromatic nitrogens is 1. The Kier molecular flexibility index (Phi) is 2.84. The fourth-order valence-corrected chi connectivity index (χ4v) is 1.77. The molecule has 1 fully saturated rings. The van der Waals surface area contributed by atoms with E-state index < -0.39 is 0 Å². The monoisotopic (exact) mass is 196 g/mol. The van der Waals surface area contributed by atoms with Crippen molar-refractivity contribution in [2.45, 2.75) is 31.8 Å². The molecule has 4 nitrogen and oxygen atoms in total. The lowest BCUT2D eigenvalue weighted by atomic mass is 10.0. The summed E-state index contributed by atoms with van der Waals surface area (Å²) < 4.78 is 11.1. The first kappa shape index (κ1) is 9.68. The zero-order valence-corrected chi connectivity index (χ0v) is 8.40. The summed E-state index contributed by atoms with van der Waals surface area (Å²) in [5.41, 5.74) is 5.42. The Balaban J connectivity index is 2.02. The maximum Gasteiger partial charge on any atom is 0.195 e. The van der Waals surface area contributed by atoms with Gasteiger partial charge in [-0.1, -0.05) is 0 Å². The molecule has 2 heterocycles. The molecule has 1 aromatic heterocycles. The summed E-state index contributed by atoms with van der Waals surface area (Å²) in [5, 5.41) is 0. The van der Waals surface area contributed by atoms with E-state index in [0.717, 1.165) is 24.7 Å². The highest BCUT2D eigenvalue weighted by Crippen LogP contribution is 2.29. The van der Waals surface area contributed by atoms with E-state index in [1.807, 2.05) is 0 Å². The van der Waals surface area contributed by atoms with E-state index in [4.69, 9.17) is 14.9 Å². The molecular formula is C10H16N2O2. The van der Waals surface area contributed by atoms with Gasteiger partial charge in [0.1, 0.15) is 5.76 Å². The molecule has 0 saturated carbocycles. The van der Waals surface area contributed by atoms with Crippen molar-refractivity contribution in [3.63, 3.8) is 0 Å². The van der Waals surface area contributed by atoms with Gasteiger partial charge in [0.25, 0.3) is 0 Å². The van der Waals surface area contributed by atoms with Crippen LogP contribution >= 0.6 is 0 Å². The van der Waals surface area contributed by atoms with Crippen molar-refractivity contribution in [1.29, 1.82) is 0 Å². The number of hydrogen-bond acceptors (Lipinski definition) is 4. The first-order valence-corrected chi connectivity index (χ1v) is 5.06. The second kappa shape index (κ2) is 4.11. The SMILES string of the molecule is CC1CC(c2cnc(CCN)o2)CO1. The Hall–Kier alpha value is -0.870. The molecule has 1 saturated heterocycles. The van der Waals surface area contributed by atoms with Crippen LogP contribution in [0.5, 0.6) is 0 Å². The standard InChI is InChI=1S/C10H16N2O2/c1-7-4-8(6-13-7)9-5-12-10(14-9)2-3-11/h5,7-8H,2-4,6,11H2,1H3. The average Bonchev–Trinajstić information content (AvgIpc) is 2.74. The fraction of sp³-hybridized carbons (Fsp3) is 0.700. The van der Waals surface area contributed by atoms with Gasteiger partial charge in [-0.25, -0.2) is 4.98 Å². The van der Waals surface area contributed by atoms with Gasteiger partial charge < -0.3 is 14.9 Å². The fourth-order valence-electron chi connectivity index (χ4n) is 1.77. The van der Waals surface area contributed by atoms with Gasteiger partial charge in [-0.2, -0.15) is 0 Å². The van der Waals surface area contributed by atoms with Gasteiger partial charge in [0, 0.05) is 18.9 Å². The first-order chi connectivity index (χ1) is 6.79. The molecule has 4 heteroatoms. The molecule has 1 aromatic rings.